The Morgan fingerprint density at radius 1 is 1.07 bits per heavy atom. The molecule has 0 aromatic heterocycles. The molecule has 0 bridgehead atoms. The second-order valence-electron chi connectivity index (χ2n) is 7.05. The second kappa shape index (κ2) is 7.58. The predicted octanol–water partition coefficient (Wildman–Crippen LogP) is 4.76. The molecule has 1 aliphatic rings. The van der Waals surface area contributed by atoms with Gasteiger partial charge in [-0.25, -0.2) is 8.42 Å². The molecule has 0 saturated heterocycles. The van der Waals surface area contributed by atoms with E-state index in [4.69, 9.17) is 0 Å². The summed E-state index contributed by atoms with van der Waals surface area (Å²) in [5, 5.41) is 9.25. The largest absolute Gasteiger partial charge is 0.508 e. The van der Waals surface area contributed by atoms with E-state index < -0.39 is 38.7 Å². The summed E-state index contributed by atoms with van der Waals surface area (Å²) in [6.07, 6.45) is -2.01. The van der Waals surface area contributed by atoms with Crippen LogP contribution in [0.2, 0.25) is 0 Å². The number of hydrogen-bond donors (Lipinski definition) is 1. The first-order chi connectivity index (χ1) is 13.1. The summed E-state index contributed by atoms with van der Waals surface area (Å²) in [7, 11) is -3.90. The van der Waals surface area contributed by atoms with Gasteiger partial charge in [-0.05, 0) is 41.8 Å². The molecule has 0 heterocycles. The highest BCUT2D eigenvalue weighted by Gasteiger charge is 2.36. The molecule has 0 amide bonds. The van der Waals surface area contributed by atoms with Gasteiger partial charge >= 0.3 is 6.18 Å². The van der Waals surface area contributed by atoms with E-state index in [1.54, 1.807) is 0 Å². The van der Waals surface area contributed by atoms with Gasteiger partial charge in [0.1, 0.15) is 5.75 Å². The second-order valence-corrected chi connectivity index (χ2v) is 9.04. The maximum absolute atomic E-state index is 13.5. The van der Waals surface area contributed by atoms with Crippen molar-refractivity contribution in [2.24, 2.45) is 5.92 Å². The fraction of sp³-hybridized carbons (Fsp3) is 0.350. The van der Waals surface area contributed by atoms with E-state index in [2.05, 4.69) is 0 Å². The van der Waals surface area contributed by atoms with Crippen LogP contribution in [0.15, 0.2) is 47.4 Å². The van der Waals surface area contributed by atoms with Gasteiger partial charge in [0.2, 0.25) is 0 Å². The number of benzene rings is 2. The molecule has 1 N–H and O–H groups in total. The van der Waals surface area contributed by atoms with Crippen molar-refractivity contribution in [1.29, 1.82) is 0 Å². The number of carbonyl (C=O) groups excluding carboxylic acids is 1. The molecule has 0 spiro atoms. The molecule has 1 fully saturated rings. The quantitative estimate of drug-likeness (QED) is 0.695. The Hall–Kier alpha value is -2.35. The number of halogens is 3. The topological polar surface area (TPSA) is 71.4 Å². The van der Waals surface area contributed by atoms with Crippen LogP contribution in [-0.2, 0) is 21.8 Å². The van der Waals surface area contributed by atoms with E-state index in [1.807, 2.05) is 0 Å². The Morgan fingerprint density at radius 2 is 1.71 bits per heavy atom. The highest BCUT2D eigenvalue weighted by Crippen LogP contribution is 2.36. The minimum Gasteiger partial charge on any atom is -0.508 e. The number of phenolic OH excluding ortho intramolecular Hbond substituents is 1. The van der Waals surface area contributed by atoms with Gasteiger partial charge in [-0.15, -0.1) is 0 Å². The van der Waals surface area contributed by atoms with Crippen molar-refractivity contribution in [1.82, 2.24) is 0 Å². The number of carbonyl (C=O) groups is 1. The molecule has 1 aliphatic carbocycles. The molecule has 4 nitrogen and oxygen atoms in total. The number of aromatic hydroxyl groups is 1. The predicted molar refractivity (Wildman–Crippen MR) is 96.7 cm³/mol. The van der Waals surface area contributed by atoms with Gasteiger partial charge in [-0.1, -0.05) is 31.4 Å². The molecular formula is C20H19F3O4S. The molecule has 0 aliphatic heterocycles. The third kappa shape index (κ3) is 4.55. The van der Waals surface area contributed by atoms with Crippen LogP contribution in [0.5, 0.6) is 5.75 Å². The number of sulfone groups is 1. The van der Waals surface area contributed by atoms with E-state index in [-0.39, 0.29) is 28.5 Å². The minimum atomic E-state index is -4.76. The van der Waals surface area contributed by atoms with Gasteiger partial charge in [0.15, 0.2) is 15.6 Å². The Kier molecular flexibility index (Phi) is 5.52. The summed E-state index contributed by atoms with van der Waals surface area (Å²) in [5.74, 6) is -1.20. The van der Waals surface area contributed by atoms with Crippen molar-refractivity contribution < 1.29 is 31.5 Å². The molecule has 28 heavy (non-hydrogen) atoms. The van der Waals surface area contributed by atoms with Crippen LogP contribution < -0.4 is 0 Å². The van der Waals surface area contributed by atoms with Crippen molar-refractivity contribution in [3.05, 3.63) is 59.2 Å². The summed E-state index contributed by atoms with van der Waals surface area (Å²) in [6, 6.07) is 7.82. The highest BCUT2D eigenvalue weighted by atomic mass is 32.2. The van der Waals surface area contributed by atoms with Gasteiger partial charge in [0.05, 0.1) is 16.2 Å². The summed E-state index contributed by atoms with van der Waals surface area (Å²) in [4.78, 5) is 12.2. The Bertz CT molecular complexity index is 976. The van der Waals surface area contributed by atoms with Gasteiger partial charge in [0.25, 0.3) is 0 Å². The van der Waals surface area contributed by atoms with E-state index in [1.165, 1.54) is 30.3 Å². The van der Waals surface area contributed by atoms with E-state index in [0.29, 0.717) is 0 Å². The lowest BCUT2D eigenvalue weighted by molar-refractivity contribution is -0.138. The summed E-state index contributed by atoms with van der Waals surface area (Å²) >= 11 is 0. The van der Waals surface area contributed by atoms with Crippen LogP contribution in [0.1, 0.15) is 47.2 Å². The molecule has 2 aromatic rings. The Balaban J connectivity index is 1.90. The standard InChI is InChI=1S/C20H19F3O4S/c21-20(22,23)18-10-14(4-9-17(18)19(25)11-13-2-1-3-13)12-28(26,27)16-7-5-15(24)6-8-16/h4-10,13,24H,1-3,11-12H2. The summed E-state index contributed by atoms with van der Waals surface area (Å²) in [5.41, 5.74) is -1.57. The average molecular weight is 412 g/mol. The van der Waals surface area contributed by atoms with Crippen molar-refractivity contribution in [2.75, 3.05) is 0 Å². The summed E-state index contributed by atoms with van der Waals surface area (Å²) < 4.78 is 65.4. The van der Waals surface area contributed by atoms with Crippen LogP contribution >= 0.6 is 0 Å². The molecule has 3 rings (SSSR count). The van der Waals surface area contributed by atoms with Crippen LogP contribution in [0.25, 0.3) is 0 Å². The van der Waals surface area contributed by atoms with Gasteiger partial charge in [-0.2, -0.15) is 13.2 Å². The van der Waals surface area contributed by atoms with E-state index in [0.717, 1.165) is 31.4 Å². The molecule has 0 unspecified atom stereocenters. The lowest BCUT2D eigenvalue weighted by Crippen LogP contribution is -2.19. The van der Waals surface area contributed by atoms with Crippen LogP contribution in [0.4, 0.5) is 13.2 Å². The SMILES string of the molecule is O=C(CC1CCC1)c1ccc(CS(=O)(=O)c2ccc(O)cc2)cc1C(F)(F)F. The van der Waals surface area contributed by atoms with Crippen molar-refractivity contribution in [3.63, 3.8) is 0 Å². The number of hydrogen-bond acceptors (Lipinski definition) is 4. The molecule has 2 aromatic carbocycles. The smallest absolute Gasteiger partial charge is 0.417 e. The minimum absolute atomic E-state index is 0.0550. The zero-order valence-electron chi connectivity index (χ0n) is 14.9. The zero-order chi connectivity index (χ0) is 20.5. The first kappa shape index (κ1) is 20.4. The van der Waals surface area contributed by atoms with Crippen molar-refractivity contribution >= 4 is 15.6 Å². The number of alkyl halides is 3. The first-order valence-electron chi connectivity index (χ1n) is 8.81. The zero-order valence-corrected chi connectivity index (χ0v) is 15.7. The van der Waals surface area contributed by atoms with Gasteiger partial charge in [-0.3, -0.25) is 4.79 Å². The lowest BCUT2D eigenvalue weighted by atomic mass is 9.80. The molecule has 1 saturated carbocycles. The molecule has 150 valence electrons. The van der Waals surface area contributed by atoms with Crippen molar-refractivity contribution in [3.8, 4) is 5.75 Å². The fourth-order valence-corrected chi connectivity index (χ4v) is 4.52. The van der Waals surface area contributed by atoms with Crippen molar-refractivity contribution in [2.45, 2.75) is 42.5 Å². The fourth-order valence-electron chi connectivity index (χ4n) is 3.18. The van der Waals surface area contributed by atoms with E-state index in [9.17, 15) is 31.5 Å². The maximum atomic E-state index is 13.5. The lowest BCUT2D eigenvalue weighted by Gasteiger charge is -2.25. The highest BCUT2D eigenvalue weighted by molar-refractivity contribution is 7.90. The van der Waals surface area contributed by atoms with Crippen LogP contribution in [0.3, 0.4) is 0 Å². The number of ketones is 1. The number of Topliss-reactive ketones (excluding diaryl/α,β-unsaturated/α-hetero) is 1. The maximum Gasteiger partial charge on any atom is 0.417 e. The number of rotatable bonds is 6. The number of phenols is 1. The third-order valence-electron chi connectivity index (χ3n) is 4.94. The average Bonchev–Trinajstić information content (AvgIpc) is 2.57. The monoisotopic (exact) mass is 412 g/mol. The Morgan fingerprint density at radius 3 is 2.25 bits per heavy atom. The third-order valence-corrected chi connectivity index (χ3v) is 6.64. The van der Waals surface area contributed by atoms with Gasteiger partial charge in [0, 0.05) is 12.0 Å². The summed E-state index contributed by atoms with van der Waals surface area (Å²) in [6.45, 7) is 0. The van der Waals surface area contributed by atoms with Crippen LogP contribution in [-0.4, -0.2) is 19.3 Å². The molecule has 0 radical (unpaired) electrons. The molecular weight excluding hydrogens is 393 g/mol. The normalized spacial score (nSPS) is 15.2. The first-order valence-corrected chi connectivity index (χ1v) is 10.5. The molecule has 0 atom stereocenters. The van der Waals surface area contributed by atoms with Crippen LogP contribution in [0, 0.1) is 5.92 Å². The molecule has 8 heteroatoms. The Labute approximate surface area is 160 Å². The van der Waals surface area contributed by atoms with E-state index >= 15 is 0 Å². The van der Waals surface area contributed by atoms with Gasteiger partial charge < -0.3 is 5.11 Å².